The SMILES string of the molecule is CN(C(=O)CN1CCc2sccc2C1c1cccs1)c1ccccc1C(=O)NCc1ccco1. The minimum Gasteiger partial charge on any atom is -0.467 e. The van der Waals surface area contributed by atoms with Crippen molar-refractivity contribution in [3.05, 3.63) is 98.3 Å². The summed E-state index contributed by atoms with van der Waals surface area (Å²) in [4.78, 5) is 32.8. The van der Waals surface area contributed by atoms with E-state index in [1.165, 1.54) is 15.3 Å². The second-order valence-electron chi connectivity index (χ2n) is 8.17. The first kappa shape index (κ1) is 22.6. The van der Waals surface area contributed by atoms with E-state index in [9.17, 15) is 9.59 Å². The third kappa shape index (κ3) is 4.57. The van der Waals surface area contributed by atoms with Gasteiger partial charge in [0.15, 0.2) is 0 Å². The van der Waals surface area contributed by atoms with Crippen LogP contribution < -0.4 is 10.2 Å². The molecule has 1 N–H and O–H groups in total. The Morgan fingerprint density at radius 3 is 2.76 bits per heavy atom. The van der Waals surface area contributed by atoms with Crippen molar-refractivity contribution in [3.8, 4) is 0 Å². The fourth-order valence-electron chi connectivity index (χ4n) is 4.37. The van der Waals surface area contributed by atoms with Crippen LogP contribution in [0, 0.1) is 0 Å². The van der Waals surface area contributed by atoms with Crippen molar-refractivity contribution in [1.82, 2.24) is 10.2 Å². The lowest BCUT2D eigenvalue weighted by atomic mass is 9.98. The highest BCUT2D eigenvalue weighted by atomic mass is 32.1. The molecule has 0 radical (unpaired) electrons. The predicted molar refractivity (Wildman–Crippen MR) is 135 cm³/mol. The van der Waals surface area contributed by atoms with Gasteiger partial charge in [0.25, 0.3) is 5.91 Å². The molecule has 1 aromatic carbocycles. The summed E-state index contributed by atoms with van der Waals surface area (Å²) in [5.41, 5.74) is 2.34. The van der Waals surface area contributed by atoms with E-state index in [0.717, 1.165) is 13.0 Å². The molecule has 1 aliphatic rings. The Hall–Kier alpha value is -3.20. The molecule has 0 saturated carbocycles. The van der Waals surface area contributed by atoms with Crippen molar-refractivity contribution in [1.29, 1.82) is 0 Å². The van der Waals surface area contributed by atoms with E-state index in [0.29, 0.717) is 17.0 Å². The van der Waals surface area contributed by atoms with Crippen LogP contribution in [-0.2, 0) is 17.8 Å². The number of anilines is 1. The van der Waals surface area contributed by atoms with Gasteiger partial charge in [-0.25, -0.2) is 0 Å². The molecular weight excluding hydrogens is 466 g/mol. The Morgan fingerprint density at radius 2 is 1.97 bits per heavy atom. The number of para-hydroxylation sites is 1. The number of benzene rings is 1. The number of nitrogens with zero attached hydrogens (tertiary/aromatic N) is 2. The lowest BCUT2D eigenvalue weighted by Gasteiger charge is -2.36. The first-order valence-electron chi connectivity index (χ1n) is 11.1. The largest absolute Gasteiger partial charge is 0.467 e. The maximum absolute atomic E-state index is 13.4. The van der Waals surface area contributed by atoms with Crippen molar-refractivity contribution < 1.29 is 14.0 Å². The van der Waals surface area contributed by atoms with Gasteiger partial charge in [0.05, 0.1) is 36.6 Å². The van der Waals surface area contributed by atoms with E-state index >= 15 is 0 Å². The molecule has 174 valence electrons. The minimum absolute atomic E-state index is 0.0495. The average Bonchev–Trinajstić information content (AvgIpc) is 3.64. The number of nitrogens with one attached hydrogen (secondary N) is 1. The van der Waals surface area contributed by atoms with Gasteiger partial charge in [-0.05, 0) is 59.1 Å². The number of hydrogen-bond acceptors (Lipinski definition) is 6. The van der Waals surface area contributed by atoms with Gasteiger partial charge < -0.3 is 14.6 Å². The molecule has 2 amide bonds. The van der Waals surface area contributed by atoms with E-state index in [4.69, 9.17) is 4.42 Å². The van der Waals surface area contributed by atoms with Crippen molar-refractivity contribution in [2.75, 3.05) is 25.0 Å². The number of hydrogen-bond donors (Lipinski definition) is 1. The molecule has 1 aliphatic heterocycles. The molecule has 5 rings (SSSR count). The van der Waals surface area contributed by atoms with Crippen LogP contribution in [0.1, 0.15) is 37.5 Å². The number of rotatable bonds is 7. The number of carbonyl (C=O) groups excluding carboxylic acids is 2. The molecule has 1 unspecified atom stereocenters. The Balaban J connectivity index is 1.33. The van der Waals surface area contributed by atoms with Crippen molar-refractivity contribution in [2.24, 2.45) is 0 Å². The Labute approximate surface area is 206 Å². The summed E-state index contributed by atoms with van der Waals surface area (Å²) in [6.45, 7) is 1.38. The molecule has 0 fully saturated rings. The molecule has 1 atom stereocenters. The molecule has 0 saturated heterocycles. The third-order valence-corrected chi connectivity index (χ3v) is 8.03. The smallest absolute Gasteiger partial charge is 0.253 e. The van der Waals surface area contributed by atoms with E-state index in [1.807, 2.05) is 18.2 Å². The first-order valence-corrected chi connectivity index (χ1v) is 12.9. The molecule has 8 heteroatoms. The van der Waals surface area contributed by atoms with E-state index in [1.54, 1.807) is 59.1 Å². The topological polar surface area (TPSA) is 65.8 Å². The summed E-state index contributed by atoms with van der Waals surface area (Å²) in [5.74, 6) is 0.378. The number of likely N-dealkylation sites (N-methyl/N-ethyl adjacent to an activating group) is 1. The van der Waals surface area contributed by atoms with Crippen LogP contribution in [-0.4, -0.2) is 36.9 Å². The highest BCUT2D eigenvalue weighted by Crippen LogP contribution is 2.39. The summed E-state index contributed by atoms with van der Waals surface area (Å²) < 4.78 is 5.30. The molecular formula is C26H25N3O3S2. The van der Waals surface area contributed by atoms with E-state index < -0.39 is 0 Å². The van der Waals surface area contributed by atoms with Gasteiger partial charge in [0, 0.05) is 23.3 Å². The third-order valence-electron chi connectivity index (χ3n) is 6.10. The van der Waals surface area contributed by atoms with Crippen LogP contribution in [0.2, 0.25) is 0 Å². The van der Waals surface area contributed by atoms with Crippen LogP contribution in [0.3, 0.4) is 0 Å². The number of thiophene rings is 2. The fourth-order valence-corrected chi connectivity index (χ4v) is 6.15. The summed E-state index contributed by atoms with van der Waals surface area (Å²) >= 11 is 3.51. The second kappa shape index (κ2) is 9.97. The predicted octanol–water partition coefficient (Wildman–Crippen LogP) is 4.94. The molecule has 34 heavy (non-hydrogen) atoms. The molecule has 6 nitrogen and oxygen atoms in total. The highest BCUT2D eigenvalue weighted by Gasteiger charge is 2.32. The van der Waals surface area contributed by atoms with Gasteiger partial charge >= 0.3 is 0 Å². The van der Waals surface area contributed by atoms with Crippen LogP contribution in [0.15, 0.2) is 76.0 Å². The van der Waals surface area contributed by atoms with Gasteiger partial charge in [0.2, 0.25) is 5.91 Å². The normalized spacial score (nSPS) is 15.6. The number of fused-ring (bicyclic) bond motifs is 1. The summed E-state index contributed by atoms with van der Waals surface area (Å²) in [6, 6.07) is 17.3. The van der Waals surface area contributed by atoms with Crippen LogP contribution in [0.5, 0.6) is 0 Å². The molecule has 0 bridgehead atoms. The molecule has 4 aromatic rings. The first-order chi connectivity index (χ1) is 16.6. The molecule has 0 aliphatic carbocycles. The Morgan fingerprint density at radius 1 is 1.09 bits per heavy atom. The van der Waals surface area contributed by atoms with Crippen molar-refractivity contribution in [3.63, 3.8) is 0 Å². The van der Waals surface area contributed by atoms with E-state index in [2.05, 4.69) is 39.2 Å². The van der Waals surface area contributed by atoms with Gasteiger partial charge in [-0.2, -0.15) is 0 Å². The lowest BCUT2D eigenvalue weighted by Crippen LogP contribution is -2.43. The van der Waals surface area contributed by atoms with Crippen LogP contribution in [0.25, 0.3) is 0 Å². The minimum atomic E-state index is -0.246. The summed E-state index contributed by atoms with van der Waals surface area (Å²) in [7, 11) is 1.74. The van der Waals surface area contributed by atoms with Crippen molar-refractivity contribution >= 4 is 40.2 Å². The second-order valence-corrected chi connectivity index (χ2v) is 10.1. The van der Waals surface area contributed by atoms with Crippen LogP contribution >= 0.6 is 22.7 Å². The quantitative estimate of drug-likeness (QED) is 0.398. The molecule has 4 heterocycles. The highest BCUT2D eigenvalue weighted by molar-refractivity contribution is 7.10. The zero-order valence-electron chi connectivity index (χ0n) is 18.8. The maximum atomic E-state index is 13.4. The summed E-state index contributed by atoms with van der Waals surface area (Å²) in [6.07, 6.45) is 2.52. The number of carbonyl (C=O) groups is 2. The number of amides is 2. The fraction of sp³-hybridized carbons (Fsp3) is 0.231. The monoisotopic (exact) mass is 491 g/mol. The zero-order chi connectivity index (χ0) is 23.5. The van der Waals surface area contributed by atoms with Crippen molar-refractivity contribution in [2.45, 2.75) is 19.0 Å². The standard InChI is InChI=1S/C26H25N3O3S2/c1-28(21-8-3-2-7-19(21)26(31)27-16-18-6-4-13-32-18)24(30)17-29-12-10-22-20(11-15-34-22)25(29)23-9-5-14-33-23/h2-9,11,13-15,25H,10,12,16-17H2,1H3,(H,27,31). The molecule has 3 aromatic heterocycles. The Bertz CT molecular complexity index is 1260. The van der Waals surface area contributed by atoms with Gasteiger partial charge in [-0.3, -0.25) is 14.5 Å². The Kier molecular flexibility index (Phi) is 6.62. The number of furan rings is 1. The summed E-state index contributed by atoms with van der Waals surface area (Å²) in [5, 5.41) is 7.09. The van der Waals surface area contributed by atoms with Gasteiger partial charge in [0.1, 0.15) is 5.76 Å². The van der Waals surface area contributed by atoms with Gasteiger partial charge in [-0.15, -0.1) is 22.7 Å². The lowest BCUT2D eigenvalue weighted by molar-refractivity contribution is -0.119. The van der Waals surface area contributed by atoms with Gasteiger partial charge in [-0.1, -0.05) is 18.2 Å². The molecule has 0 spiro atoms. The maximum Gasteiger partial charge on any atom is 0.253 e. The average molecular weight is 492 g/mol. The van der Waals surface area contributed by atoms with E-state index in [-0.39, 0.29) is 30.9 Å². The zero-order valence-corrected chi connectivity index (χ0v) is 20.4. The van der Waals surface area contributed by atoms with Crippen LogP contribution in [0.4, 0.5) is 5.69 Å².